The zero-order valence-electron chi connectivity index (χ0n) is 54.9. The van der Waals surface area contributed by atoms with Crippen LogP contribution in [0, 0.1) is 5.95 Å². The number of aromatic nitrogens is 12. The molecular weight excluding hydrogens is 1370 g/mol. The summed E-state index contributed by atoms with van der Waals surface area (Å²) >= 11 is 30.2. The van der Waals surface area contributed by atoms with Crippen LogP contribution < -0.4 is 50.7 Å². The average Bonchev–Trinajstić information content (AvgIpc) is 0.845. The number of nitrogens with zero attached hydrogens (tertiary/aromatic N) is 12. The first-order chi connectivity index (χ1) is 45.2. The summed E-state index contributed by atoms with van der Waals surface area (Å²) in [6.07, 6.45) is 10.6. The van der Waals surface area contributed by atoms with Crippen LogP contribution in [0.1, 0.15) is 118 Å². The van der Waals surface area contributed by atoms with Gasteiger partial charge in [-0.1, -0.05) is 64.1 Å². The number of ether oxygens (including phenoxy) is 7. The number of rotatable bonds is 23. The Bertz CT molecular complexity index is 3940. The van der Waals surface area contributed by atoms with Gasteiger partial charge in [0.25, 0.3) is 28.2 Å². The Morgan fingerprint density at radius 1 is 0.438 bits per heavy atom. The maximum Gasteiger partial charge on any atom is 0.289 e. The van der Waals surface area contributed by atoms with Gasteiger partial charge in [-0.2, -0.15) is 24.8 Å². The minimum absolute atomic E-state index is 0.0101. The van der Waals surface area contributed by atoms with Crippen molar-refractivity contribution in [3.63, 3.8) is 0 Å². The van der Waals surface area contributed by atoms with Crippen LogP contribution in [0.15, 0.2) is 111 Å². The molecule has 96 heavy (non-hydrogen) atoms. The Labute approximate surface area is 576 Å². The second kappa shape index (κ2) is 36.4. The van der Waals surface area contributed by atoms with Crippen molar-refractivity contribution in [3.8, 4) is 40.5 Å². The molecule has 0 aliphatic rings. The van der Waals surface area contributed by atoms with E-state index in [1.54, 1.807) is 42.7 Å². The Morgan fingerprint density at radius 2 is 0.885 bits per heavy atom. The van der Waals surface area contributed by atoms with Crippen LogP contribution in [0.4, 0.5) is 17.6 Å². The highest BCUT2D eigenvalue weighted by atomic mass is 35.5. The van der Waals surface area contributed by atoms with Gasteiger partial charge in [0.05, 0.1) is 98.0 Å². The van der Waals surface area contributed by atoms with Gasteiger partial charge in [-0.25, -0.2) is 38.1 Å². The van der Waals surface area contributed by atoms with Crippen LogP contribution in [0.25, 0.3) is 0 Å². The minimum atomic E-state index is -0.788. The number of hydrogen-bond donors (Lipinski definition) is 0. The molecule has 0 saturated heterocycles. The van der Waals surface area contributed by atoms with E-state index in [1.807, 2.05) is 89.2 Å². The highest BCUT2D eigenvalue weighted by molar-refractivity contribution is 6.32. The van der Waals surface area contributed by atoms with Gasteiger partial charge >= 0.3 is 0 Å². The lowest BCUT2D eigenvalue weighted by Gasteiger charge is -2.21. The third-order valence-electron chi connectivity index (χ3n) is 12.3. The summed E-state index contributed by atoms with van der Waals surface area (Å²) in [5.41, 5.74) is -0.849. The maximum atomic E-state index is 13.4. The molecule has 0 amide bonds. The molecule has 0 bridgehead atoms. The molecule has 8 heterocycles. The molecule has 0 fully saturated rings. The fraction of sp³-hybridized carbons (Fsp3) is 0.438. The van der Waals surface area contributed by atoms with Gasteiger partial charge in [0.15, 0.2) is 48.8 Å². The Morgan fingerprint density at radius 3 is 1.33 bits per heavy atom. The molecule has 8 aromatic heterocycles. The van der Waals surface area contributed by atoms with E-state index in [9.17, 15) is 36.7 Å². The molecule has 0 aromatic carbocycles. The average molecular weight is 1440 g/mol. The first kappa shape index (κ1) is 78.7. The second-order valence-electron chi connectivity index (χ2n) is 24.4. The van der Waals surface area contributed by atoms with Gasteiger partial charge in [0, 0.05) is 43.1 Å². The lowest BCUT2D eigenvalue weighted by molar-refractivity contribution is 0.106. The summed E-state index contributed by atoms with van der Waals surface area (Å²) in [5, 5.41) is 16.3. The van der Waals surface area contributed by atoms with E-state index in [0.717, 1.165) is 11.1 Å². The smallest absolute Gasteiger partial charge is 0.289 e. The van der Waals surface area contributed by atoms with E-state index in [1.165, 1.54) is 61.8 Å². The van der Waals surface area contributed by atoms with E-state index in [-0.39, 0.29) is 106 Å². The number of alkyl halides is 3. The van der Waals surface area contributed by atoms with E-state index >= 15 is 0 Å². The molecule has 23 nitrogen and oxygen atoms in total. The van der Waals surface area contributed by atoms with Gasteiger partial charge in [-0.05, 0) is 125 Å². The van der Waals surface area contributed by atoms with E-state index < -0.39 is 70.4 Å². The number of pyridine rings is 4. The normalized spacial score (nSPS) is 11.5. The summed E-state index contributed by atoms with van der Waals surface area (Å²) in [6, 6.07) is 13.2. The Balaban J connectivity index is 0.000000232. The Kier molecular flexibility index (Phi) is 29.9. The summed E-state index contributed by atoms with van der Waals surface area (Å²) in [6.45, 7) is 21.9. The lowest BCUT2D eigenvalue weighted by atomic mass is 10.1. The molecule has 0 aliphatic heterocycles. The van der Waals surface area contributed by atoms with Crippen molar-refractivity contribution in [3.05, 3.63) is 187 Å². The topological polar surface area (TPSA) is 256 Å². The minimum Gasteiger partial charge on any atom is -0.485 e. The summed E-state index contributed by atoms with van der Waals surface area (Å²) in [5.74, 6) is 0.334. The van der Waals surface area contributed by atoms with E-state index in [2.05, 4.69) is 40.3 Å². The van der Waals surface area contributed by atoms with Gasteiger partial charge in [-0.3, -0.25) is 32.9 Å². The highest BCUT2D eigenvalue weighted by Gasteiger charge is 2.25. The van der Waals surface area contributed by atoms with E-state index in [0.29, 0.717) is 30.2 Å². The van der Waals surface area contributed by atoms with Crippen molar-refractivity contribution in [1.29, 1.82) is 0 Å². The third-order valence-corrected chi connectivity index (χ3v) is 13.9. The van der Waals surface area contributed by atoms with Crippen LogP contribution in [0.3, 0.4) is 0 Å². The largest absolute Gasteiger partial charge is 0.485 e. The number of halogens is 9. The molecule has 0 atom stereocenters. The first-order valence-electron chi connectivity index (χ1n) is 29.5. The third kappa shape index (κ3) is 23.7. The summed E-state index contributed by atoms with van der Waals surface area (Å²) in [4.78, 5) is 64.8. The van der Waals surface area contributed by atoms with Crippen molar-refractivity contribution in [1.82, 2.24) is 59.1 Å². The van der Waals surface area contributed by atoms with Crippen LogP contribution >= 0.6 is 58.0 Å². The molecule has 0 spiro atoms. The number of hydrogen-bond acceptors (Lipinski definition) is 19. The van der Waals surface area contributed by atoms with Crippen LogP contribution in [-0.4, -0.2) is 98.9 Å². The second-order valence-corrected chi connectivity index (χ2v) is 26.3. The van der Waals surface area contributed by atoms with Gasteiger partial charge in [0.2, 0.25) is 11.8 Å². The fourth-order valence-electron chi connectivity index (χ4n) is 7.58. The molecule has 32 heteroatoms. The zero-order chi connectivity index (χ0) is 71.1. The summed E-state index contributed by atoms with van der Waals surface area (Å²) < 4.78 is 92.6. The molecule has 8 aromatic rings. The quantitative estimate of drug-likeness (QED) is 0.0327. The summed E-state index contributed by atoms with van der Waals surface area (Å²) in [7, 11) is 0. The van der Waals surface area contributed by atoms with Crippen LogP contribution in [0.5, 0.6) is 40.5 Å². The standard InChI is InChI=1S/C17H20Cl2FN3O3.2C17H21ClFN3O3.C13H13ClFN3O2/c1-17(2,3)23-16(24)14(19)12(9-21-23)26-10-11-5-6-13(18)22-15(11)25-8-4-7-20;1-17(2,3)22-16(23)15(18)13(10-21-22)25-11-12-5-6-14(20-9-12)24-8-4-7-19;1-17(2,3)22-16(23)15(18)14(9-21-22)25-11-13-5-4-12(8-20-13)10-24-7-6-19;1-13(2,3)18-12(19)10(14)9(7-17-18)20-8-5-4-6-16-11(8)15/h5-6,9H,4,7-8,10H2,1-3H3;5-6,9-10H,4,7-8,11H2,1-3H3;4-5,8-9H,6-7,10-11H2,1-3H3;4-7H,1-3H3. The van der Waals surface area contributed by atoms with Crippen molar-refractivity contribution in [2.75, 3.05) is 39.8 Å². The maximum absolute atomic E-state index is 13.4. The first-order valence-corrected chi connectivity index (χ1v) is 31.4. The predicted octanol–water partition coefficient (Wildman–Crippen LogP) is 13.5. The van der Waals surface area contributed by atoms with Crippen molar-refractivity contribution < 1.29 is 50.7 Å². The molecule has 8 rings (SSSR count). The fourth-order valence-corrected chi connectivity index (χ4v) is 8.43. The lowest BCUT2D eigenvalue weighted by Crippen LogP contribution is -2.36. The Hall–Kier alpha value is -7.95. The van der Waals surface area contributed by atoms with Crippen LogP contribution in [-0.2, 0) is 53.3 Å². The zero-order valence-corrected chi connectivity index (χ0v) is 58.7. The van der Waals surface area contributed by atoms with Crippen LogP contribution in [0.2, 0.25) is 25.2 Å². The predicted molar refractivity (Wildman–Crippen MR) is 357 cm³/mol. The highest BCUT2D eigenvalue weighted by Crippen LogP contribution is 2.30. The van der Waals surface area contributed by atoms with Crippen molar-refractivity contribution in [2.45, 2.75) is 145 Å². The van der Waals surface area contributed by atoms with Gasteiger partial charge < -0.3 is 33.2 Å². The van der Waals surface area contributed by atoms with E-state index in [4.69, 9.17) is 91.2 Å². The molecule has 0 aliphatic carbocycles. The SMILES string of the molecule is CC(C)(C)n1ncc(OCc2ccc(COCCF)cn2)c(Cl)c1=O.CC(C)(C)n1ncc(OCc2ccc(Cl)nc2OCCCF)c(Cl)c1=O.CC(C)(C)n1ncc(OCc2ccc(OCCCF)nc2)c(Cl)c1=O.CC(C)(C)n1ncc(Oc2cccnc2F)c(Cl)c1=O. The molecule has 520 valence electrons. The van der Waals surface area contributed by atoms with Crippen molar-refractivity contribution >= 4 is 58.0 Å². The molecule has 0 N–H and O–H groups in total. The molecule has 0 radical (unpaired) electrons. The molecular formula is C64H75Cl5F4N12O11. The monoisotopic (exact) mass is 1440 g/mol. The molecule has 0 unspecified atom stereocenters. The van der Waals surface area contributed by atoms with Gasteiger partial charge in [0.1, 0.15) is 31.6 Å². The van der Waals surface area contributed by atoms with Crippen molar-refractivity contribution in [2.24, 2.45) is 0 Å². The molecule has 0 saturated carbocycles. The van der Waals surface area contributed by atoms with Gasteiger partial charge in [-0.15, -0.1) is 0 Å².